The van der Waals surface area contributed by atoms with Crippen LogP contribution in [0.5, 0.6) is 0 Å². The second kappa shape index (κ2) is 5.65. The number of aromatic nitrogens is 3. The van der Waals surface area contributed by atoms with E-state index in [-0.39, 0.29) is 17.4 Å². The summed E-state index contributed by atoms with van der Waals surface area (Å²) in [5.41, 5.74) is -0.785. The standard InChI is InChI=1S/C11H20N4O2/c1-5-7-8(6-2)12-9-10(16)14(3)11(17)15(4)13-9/h8H,5-7H2,1-4H3,(H,12,13). The van der Waals surface area contributed by atoms with Crippen molar-refractivity contribution in [2.24, 2.45) is 14.1 Å². The van der Waals surface area contributed by atoms with Crippen LogP contribution in [-0.4, -0.2) is 20.4 Å². The van der Waals surface area contributed by atoms with Gasteiger partial charge in [-0.15, -0.1) is 5.10 Å². The van der Waals surface area contributed by atoms with Crippen molar-refractivity contribution in [1.29, 1.82) is 0 Å². The number of hydrogen-bond donors (Lipinski definition) is 1. The van der Waals surface area contributed by atoms with E-state index < -0.39 is 5.69 Å². The third-order valence-corrected chi connectivity index (χ3v) is 2.79. The molecule has 0 fully saturated rings. The van der Waals surface area contributed by atoms with Crippen molar-refractivity contribution in [1.82, 2.24) is 14.3 Å². The summed E-state index contributed by atoms with van der Waals surface area (Å²) in [5, 5.41) is 7.07. The van der Waals surface area contributed by atoms with Gasteiger partial charge in [-0.3, -0.25) is 9.36 Å². The Labute approximate surface area is 100 Å². The van der Waals surface area contributed by atoms with E-state index in [0.29, 0.717) is 0 Å². The van der Waals surface area contributed by atoms with Crippen LogP contribution in [0.3, 0.4) is 0 Å². The summed E-state index contributed by atoms with van der Waals surface area (Å²) in [4.78, 5) is 23.3. The van der Waals surface area contributed by atoms with Crippen LogP contribution in [-0.2, 0) is 14.1 Å². The Bertz CT molecular complexity index is 489. The molecule has 0 aliphatic heterocycles. The van der Waals surface area contributed by atoms with Gasteiger partial charge in [0.05, 0.1) is 0 Å². The zero-order valence-electron chi connectivity index (χ0n) is 10.9. The van der Waals surface area contributed by atoms with Gasteiger partial charge in [-0.1, -0.05) is 20.3 Å². The van der Waals surface area contributed by atoms with Crippen LogP contribution < -0.4 is 16.6 Å². The van der Waals surface area contributed by atoms with Crippen molar-refractivity contribution in [3.8, 4) is 0 Å². The van der Waals surface area contributed by atoms with Crippen molar-refractivity contribution in [2.75, 3.05) is 5.32 Å². The van der Waals surface area contributed by atoms with E-state index in [2.05, 4.69) is 24.3 Å². The molecule has 1 heterocycles. The van der Waals surface area contributed by atoms with Crippen LogP contribution in [0.25, 0.3) is 0 Å². The lowest BCUT2D eigenvalue weighted by Gasteiger charge is -2.16. The van der Waals surface area contributed by atoms with Crippen LogP contribution in [0.2, 0.25) is 0 Å². The molecule has 6 nitrogen and oxygen atoms in total. The molecule has 1 unspecified atom stereocenters. The third kappa shape index (κ3) is 2.95. The molecule has 1 aromatic rings. The average Bonchev–Trinajstić information content (AvgIpc) is 2.32. The minimum atomic E-state index is -0.413. The van der Waals surface area contributed by atoms with Crippen LogP contribution >= 0.6 is 0 Å². The Balaban J connectivity index is 3.07. The molecule has 0 aliphatic rings. The number of nitrogens with zero attached hydrogens (tertiary/aromatic N) is 3. The second-order valence-electron chi connectivity index (χ2n) is 4.16. The maximum absolute atomic E-state index is 11.8. The van der Waals surface area contributed by atoms with Gasteiger partial charge in [-0.05, 0) is 12.8 Å². The molecule has 96 valence electrons. The SMILES string of the molecule is CCCC(CC)Nc1nn(C)c(=O)n(C)c1=O. The van der Waals surface area contributed by atoms with E-state index in [1.54, 1.807) is 0 Å². The fraction of sp³-hybridized carbons (Fsp3) is 0.727. The highest BCUT2D eigenvalue weighted by atomic mass is 16.2. The first kappa shape index (κ1) is 13.5. The van der Waals surface area contributed by atoms with Gasteiger partial charge in [0.25, 0.3) is 5.56 Å². The number of anilines is 1. The maximum atomic E-state index is 11.8. The first-order valence-electron chi connectivity index (χ1n) is 5.92. The molecule has 0 spiro atoms. The molecule has 0 radical (unpaired) electrons. The molecule has 1 atom stereocenters. The number of rotatable bonds is 5. The Kier molecular flexibility index (Phi) is 4.48. The van der Waals surface area contributed by atoms with Crippen LogP contribution in [0.1, 0.15) is 33.1 Å². The van der Waals surface area contributed by atoms with Gasteiger partial charge >= 0.3 is 5.69 Å². The molecular weight excluding hydrogens is 220 g/mol. The summed E-state index contributed by atoms with van der Waals surface area (Å²) in [6.07, 6.45) is 2.93. The summed E-state index contributed by atoms with van der Waals surface area (Å²) in [6, 6.07) is 0.220. The van der Waals surface area contributed by atoms with E-state index in [1.807, 2.05) is 0 Å². The first-order valence-corrected chi connectivity index (χ1v) is 5.92. The van der Waals surface area contributed by atoms with Gasteiger partial charge in [-0.2, -0.15) is 0 Å². The minimum Gasteiger partial charge on any atom is -0.361 e. The highest BCUT2D eigenvalue weighted by Crippen LogP contribution is 2.05. The summed E-state index contributed by atoms with van der Waals surface area (Å²) >= 11 is 0. The molecule has 0 aliphatic carbocycles. The quantitative estimate of drug-likeness (QED) is 0.812. The number of aryl methyl sites for hydroxylation is 1. The average molecular weight is 240 g/mol. The monoisotopic (exact) mass is 240 g/mol. The lowest BCUT2D eigenvalue weighted by Crippen LogP contribution is -2.41. The van der Waals surface area contributed by atoms with Gasteiger partial charge in [0.2, 0.25) is 5.82 Å². The fourth-order valence-electron chi connectivity index (χ4n) is 1.71. The van der Waals surface area contributed by atoms with Crippen LogP contribution in [0.4, 0.5) is 5.82 Å². The number of hydrogen-bond acceptors (Lipinski definition) is 4. The molecule has 0 bridgehead atoms. The second-order valence-corrected chi connectivity index (χ2v) is 4.16. The van der Waals surface area contributed by atoms with Gasteiger partial charge < -0.3 is 5.32 Å². The topological polar surface area (TPSA) is 68.9 Å². The normalized spacial score (nSPS) is 12.5. The van der Waals surface area contributed by atoms with Crippen molar-refractivity contribution in [2.45, 2.75) is 39.2 Å². The number of nitrogens with one attached hydrogen (secondary N) is 1. The molecule has 0 aromatic carbocycles. The summed E-state index contributed by atoms with van der Waals surface area (Å²) in [7, 11) is 2.99. The van der Waals surface area contributed by atoms with E-state index >= 15 is 0 Å². The largest absolute Gasteiger partial charge is 0.361 e. The molecule has 0 saturated heterocycles. The van der Waals surface area contributed by atoms with Crippen LogP contribution in [0, 0.1) is 0 Å². The smallest absolute Gasteiger partial charge is 0.346 e. The highest BCUT2D eigenvalue weighted by molar-refractivity contribution is 5.30. The van der Waals surface area contributed by atoms with Gasteiger partial charge in [0.15, 0.2) is 0 Å². The van der Waals surface area contributed by atoms with Crippen molar-refractivity contribution in [3.05, 3.63) is 20.8 Å². The minimum absolute atomic E-state index is 0.220. The molecule has 0 saturated carbocycles. The molecule has 0 amide bonds. The fourth-order valence-corrected chi connectivity index (χ4v) is 1.71. The molecule has 1 aromatic heterocycles. The molecular formula is C11H20N4O2. The zero-order valence-corrected chi connectivity index (χ0v) is 10.9. The lowest BCUT2D eigenvalue weighted by molar-refractivity contribution is 0.580. The van der Waals surface area contributed by atoms with Gasteiger partial charge in [0, 0.05) is 20.1 Å². The van der Waals surface area contributed by atoms with E-state index in [9.17, 15) is 9.59 Å². The summed E-state index contributed by atoms with van der Waals surface area (Å²) < 4.78 is 2.23. The van der Waals surface area contributed by atoms with Crippen molar-refractivity contribution < 1.29 is 0 Å². The Morgan fingerprint density at radius 2 is 1.94 bits per heavy atom. The van der Waals surface area contributed by atoms with Gasteiger partial charge in [-0.25, -0.2) is 9.48 Å². The lowest BCUT2D eigenvalue weighted by atomic mass is 10.1. The summed E-state index contributed by atoms with van der Waals surface area (Å²) in [5.74, 6) is 0.245. The highest BCUT2D eigenvalue weighted by Gasteiger charge is 2.12. The van der Waals surface area contributed by atoms with Crippen LogP contribution in [0.15, 0.2) is 9.59 Å². The third-order valence-electron chi connectivity index (χ3n) is 2.79. The predicted molar refractivity (Wildman–Crippen MR) is 67.3 cm³/mol. The Morgan fingerprint density at radius 1 is 1.29 bits per heavy atom. The van der Waals surface area contributed by atoms with Gasteiger partial charge in [0.1, 0.15) is 0 Å². The Morgan fingerprint density at radius 3 is 2.47 bits per heavy atom. The van der Waals surface area contributed by atoms with Crippen molar-refractivity contribution >= 4 is 5.82 Å². The van der Waals surface area contributed by atoms with E-state index in [4.69, 9.17) is 0 Å². The predicted octanol–water partition coefficient (Wildman–Crippen LogP) is 0.470. The molecule has 6 heteroatoms. The van der Waals surface area contributed by atoms with Crippen molar-refractivity contribution in [3.63, 3.8) is 0 Å². The zero-order chi connectivity index (χ0) is 13.0. The van der Waals surface area contributed by atoms with E-state index in [1.165, 1.54) is 18.8 Å². The molecule has 1 rings (SSSR count). The first-order chi connectivity index (χ1) is 8.01. The van der Waals surface area contributed by atoms with E-state index in [0.717, 1.165) is 23.8 Å². The molecule has 17 heavy (non-hydrogen) atoms. The molecule has 1 N–H and O–H groups in total. The summed E-state index contributed by atoms with van der Waals surface area (Å²) in [6.45, 7) is 4.15. The Hall–Kier alpha value is -1.59. The maximum Gasteiger partial charge on any atom is 0.346 e.